The summed E-state index contributed by atoms with van der Waals surface area (Å²) in [7, 11) is 0. The van der Waals surface area contributed by atoms with E-state index >= 15 is 0 Å². The van der Waals surface area contributed by atoms with Gasteiger partial charge >= 0.3 is 0 Å². The standard InChI is InChI=1S/C11H23N/c1-7-12-11(5,6)9-8-10(2,3)4/h7,12H,1,8-9H2,2-6H3. The van der Waals surface area contributed by atoms with Gasteiger partial charge in [-0.15, -0.1) is 0 Å². The van der Waals surface area contributed by atoms with Gasteiger partial charge in [-0.05, 0) is 38.3 Å². The Labute approximate surface area is 77.2 Å². The van der Waals surface area contributed by atoms with Crippen LogP contribution < -0.4 is 5.32 Å². The lowest BCUT2D eigenvalue weighted by Gasteiger charge is -2.29. The third-order valence-corrected chi connectivity index (χ3v) is 1.99. The average Bonchev–Trinajstić information content (AvgIpc) is 1.83. The van der Waals surface area contributed by atoms with Crippen LogP contribution in [0.3, 0.4) is 0 Å². The van der Waals surface area contributed by atoms with Gasteiger partial charge in [0.2, 0.25) is 0 Å². The first kappa shape index (κ1) is 11.5. The molecule has 1 N–H and O–H groups in total. The number of hydrogen-bond acceptors (Lipinski definition) is 1. The van der Waals surface area contributed by atoms with Gasteiger partial charge in [-0.1, -0.05) is 27.4 Å². The van der Waals surface area contributed by atoms with Crippen LogP contribution in [0.1, 0.15) is 47.5 Å². The molecule has 0 aliphatic rings. The van der Waals surface area contributed by atoms with E-state index in [2.05, 4.69) is 46.5 Å². The fraction of sp³-hybridized carbons (Fsp3) is 0.818. The van der Waals surface area contributed by atoms with Crippen molar-refractivity contribution in [2.75, 3.05) is 0 Å². The first-order valence-corrected chi connectivity index (χ1v) is 4.65. The Morgan fingerprint density at radius 1 is 1.08 bits per heavy atom. The first-order valence-electron chi connectivity index (χ1n) is 4.65. The summed E-state index contributed by atoms with van der Waals surface area (Å²) in [5.41, 5.74) is 0.620. The highest BCUT2D eigenvalue weighted by atomic mass is 14.9. The molecule has 0 aromatic carbocycles. The van der Waals surface area contributed by atoms with Crippen molar-refractivity contribution in [2.45, 2.75) is 53.0 Å². The third kappa shape index (κ3) is 6.26. The van der Waals surface area contributed by atoms with Crippen molar-refractivity contribution in [1.29, 1.82) is 0 Å². The van der Waals surface area contributed by atoms with E-state index in [1.54, 1.807) is 6.20 Å². The van der Waals surface area contributed by atoms with E-state index in [0.29, 0.717) is 5.41 Å². The molecule has 12 heavy (non-hydrogen) atoms. The van der Waals surface area contributed by atoms with Crippen molar-refractivity contribution in [3.05, 3.63) is 12.8 Å². The highest BCUT2D eigenvalue weighted by Crippen LogP contribution is 2.25. The Balaban J connectivity index is 3.83. The van der Waals surface area contributed by atoms with Crippen LogP contribution in [0.4, 0.5) is 0 Å². The minimum Gasteiger partial charge on any atom is -0.386 e. The molecule has 0 saturated heterocycles. The maximum Gasteiger partial charge on any atom is 0.0312 e. The predicted octanol–water partition coefficient (Wildman–Crippen LogP) is 3.32. The molecule has 0 aliphatic carbocycles. The van der Waals surface area contributed by atoms with Crippen LogP contribution in [0.2, 0.25) is 0 Å². The molecule has 1 nitrogen and oxygen atoms in total. The maximum absolute atomic E-state index is 3.68. The van der Waals surface area contributed by atoms with E-state index in [1.165, 1.54) is 12.8 Å². The molecule has 0 rings (SSSR count). The molecule has 0 spiro atoms. The molecule has 0 atom stereocenters. The Morgan fingerprint density at radius 2 is 1.58 bits per heavy atom. The minimum absolute atomic E-state index is 0.190. The summed E-state index contributed by atoms with van der Waals surface area (Å²) in [6, 6.07) is 0. The Bertz CT molecular complexity index is 140. The van der Waals surface area contributed by atoms with Gasteiger partial charge in [-0.3, -0.25) is 0 Å². The van der Waals surface area contributed by atoms with Crippen molar-refractivity contribution in [3.8, 4) is 0 Å². The van der Waals surface area contributed by atoms with Gasteiger partial charge in [0.05, 0.1) is 0 Å². The van der Waals surface area contributed by atoms with Gasteiger partial charge < -0.3 is 5.32 Å². The Hall–Kier alpha value is -0.460. The van der Waals surface area contributed by atoms with Crippen LogP contribution in [0.25, 0.3) is 0 Å². The lowest BCUT2D eigenvalue weighted by atomic mass is 9.85. The van der Waals surface area contributed by atoms with Gasteiger partial charge in [0.25, 0.3) is 0 Å². The highest BCUT2D eigenvalue weighted by Gasteiger charge is 2.19. The molecule has 0 unspecified atom stereocenters. The van der Waals surface area contributed by atoms with Crippen molar-refractivity contribution in [1.82, 2.24) is 5.32 Å². The number of nitrogens with one attached hydrogen (secondary N) is 1. The zero-order valence-electron chi connectivity index (χ0n) is 9.20. The van der Waals surface area contributed by atoms with Crippen LogP contribution in [-0.2, 0) is 0 Å². The zero-order chi connectivity index (χ0) is 9.83. The van der Waals surface area contributed by atoms with E-state index in [4.69, 9.17) is 0 Å². The molecule has 0 aromatic rings. The molecule has 0 aliphatic heterocycles. The van der Waals surface area contributed by atoms with Crippen LogP contribution in [0.15, 0.2) is 12.8 Å². The van der Waals surface area contributed by atoms with E-state index < -0.39 is 0 Å². The summed E-state index contributed by atoms with van der Waals surface area (Å²) in [6.45, 7) is 14.9. The minimum atomic E-state index is 0.190. The zero-order valence-corrected chi connectivity index (χ0v) is 9.20. The summed E-state index contributed by atoms with van der Waals surface area (Å²) >= 11 is 0. The summed E-state index contributed by atoms with van der Waals surface area (Å²) < 4.78 is 0. The van der Waals surface area contributed by atoms with Gasteiger partial charge in [-0.2, -0.15) is 0 Å². The van der Waals surface area contributed by atoms with Crippen molar-refractivity contribution in [2.24, 2.45) is 5.41 Å². The topological polar surface area (TPSA) is 12.0 Å². The Morgan fingerprint density at radius 3 is 1.92 bits per heavy atom. The molecule has 0 bridgehead atoms. The normalized spacial score (nSPS) is 12.8. The SMILES string of the molecule is C=CNC(C)(C)CCC(C)(C)C. The van der Waals surface area contributed by atoms with Crippen molar-refractivity contribution < 1.29 is 0 Å². The molecule has 0 amide bonds. The molecular formula is C11H23N. The van der Waals surface area contributed by atoms with Crippen molar-refractivity contribution in [3.63, 3.8) is 0 Å². The average molecular weight is 169 g/mol. The lowest BCUT2D eigenvalue weighted by Crippen LogP contribution is -2.36. The van der Waals surface area contributed by atoms with Gasteiger partial charge in [0.15, 0.2) is 0 Å². The van der Waals surface area contributed by atoms with Crippen LogP contribution in [0, 0.1) is 5.41 Å². The van der Waals surface area contributed by atoms with E-state index in [1.807, 2.05) is 0 Å². The summed E-state index contributed by atoms with van der Waals surface area (Å²) in [5.74, 6) is 0. The maximum atomic E-state index is 3.68. The summed E-state index contributed by atoms with van der Waals surface area (Å²) in [4.78, 5) is 0. The molecule has 0 radical (unpaired) electrons. The second-order valence-electron chi connectivity index (χ2n) is 5.29. The first-order chi connectivity index (χ1) is 5.27. The molecule has 0 fully saturated rings. The van der Waals surface area contributed by atoms with Crippen LogP contribution >= 0.6 is 0 Å². The quantitative estimate of drug-likeness (QED) is 0.680. The fourth-order valence-corrected chi connectivity index (χ4v) is 1.04. The van der Waals surface area contributed by atoms with Crippen LogP contribution in [-0.4, -0.2) is 5.54 Å². The fourth-order valence-electron chi connectivity index (χ4n) is 1.04. The predicted molar refractivity (Wildman–Crippen MR) is 56.1 cm³/mol. The number of hydrogen-bond donors (Lipinski definition) is 1. The smallest absolute Gasteiger partial charge is 0.0312 e. The summed E-state index contributed by atoms with van der Waals surface area (Å²) in [6.07, 6.45) is 4.20. The Kier molecular flexibility index (Phi) is 3.82. The molecule has 0 aromatic heterocycles. The largest absolute Gasteiger partial charge is 0.386 e. The second kappa shape index (κ2) is 3.97. The monoisotopic (exact) mass is 169 g/mol. The molecule has 0 saturated carbocycles. The van der Waals surface area contributed by atoms with Crippen LogP contribution in [0.5, 0.6) is 0 Å². The molecule has 72 valence electrons. The second-order valence-corrected chi connectivity index (χ2v) is 5.29. The van der Waals surface area contributed by atoms with Crippen molar-refractivity contribution >= 4 is 0 Å². The molecule has 0 heterocycles. The third-order valence-electron chi connectivity index (χ3n) is 1.99. The highest BCUT2D eigenvalue weighted by molar-refractivity contribution is 4.84. The molecular weight excluding hydrogens is 146 g/mol. The van der Waals surface area contributed by atoms with Gasteiger partial charge in [0, 0.05) is 5.54 Å². The van der Waals surface area contributed by atoms with E-state index in [9.17, 15) is 0 Å². The lowest BCUT2D eigenvalue weighted by molar-refractivity contribution is 0.296. The van der Waals surface area contributed by atoms with Gasteiger partial charge in [-0.25, -0.2) is 0 Å². The van der Waals surface area contributed by atoms with E-state index in [0.717, 1.165) is 0 Å². The van der Waals surface area contributed by atoms with Gasteiger partial charge in [0.1, 0.15) is 0 Å². The number of rotatable bonds is 4. The molecule has 1 heteroatoms. The van der Waals surface area contributed by atoms with E-state index in [-0.39, 0.29) is 5.54 Å². The summed E-state index contributed by atoms with van der Waals surface area (Å²) in [5, 5.41) is 3.26.